The molecule has 17 heavy (non-hydrogen) atoms. The lowest BCUT2D eigenvalue weighted by molar-refractivity contribution is 0.268. The molecule has 1 atom stereocenters. The highest BCUT2D eigenvalue weighted by molar-refractivity contribution is 5.77. The minimum atomic E-state index is -0.284. The average molecular weight is 225 g/mol. The topological polar surface area (TPSA) is 46.2 Å². The van der Waals surface area contributed by atoms with Gasteiger partial charge in [-0.15, -0.1) is 0 Å². The van der Waals surface area contributed by atoms with Crippen LogP contribution in [0, 0.1) is 0 Å². The number of hydrogen-bond acceptors (Lipinski definition) is 2. The van der Waals surface area contributed by atoms with Gasteiger partial charge in [0.1, 0.15) is 0 Å². The molecule has 0 bridgehead atoms. The van der Waals surface area contributed by atoms with E-state index in [1.807, 2.05) is 6.07 Å². The molecule has 0 saturated carbocycles. The number of aliphatic hydroxyl groups excluding tert-OH is 1. The highest BCUT2D eigenvalue weighted by atomic mass is 16.3. The fraction of sp³-hybridized carbons (Fsp3) is 0.200. The second-order valence-electron chi connectivity index (χ2n) is 4.54. The van der Waals surface area contributed by atoms with Crippen molar-refractivity contribution in [3.63, 3.8) is 0 Å². The molecule has 0 aliphatic heterocycles. The van der Waals surface area contributed by atoms with Crippen LogP contribution in [0.1, 0.15) is 22.7 Å². The Morgan fingerprint density at radius 1 is 1.06 bits per heavy atom. The van der Waals surface area contributed by atoms with Gasteiger partial charge >= 0.3 is 0 Å². The number of hydrogen-bond donors (Lipinski definition) is 2. The Labute approximate surface area is 101 Å². The molecule has 0 fully saturated rings. The fourth-order valence-electron chi connectivity index (χ4n) is 2.48. The maximum atomic E-state index is 9.11. The summed E-state index contributed by atoms with van der Waals surface area (Å²) in [4.78, 5) is 0. The summed E-state index contributed by atoms with van der Waals surface area (Å²) < 4.78 is 0. The Hall–Kier alpha value is -1.64. The molecule has 0 heterocycles. The summed E-state index contributed by atoms with van der Waals surface area (Å²) in [5.74, 6) is 0. The predicted octanol–water partition coefficient (Wildman–Crippen LogP) is 2.25. The summed E-state index contributed by atoms with van der Waals surface area (Å²) in [6.45, 7) is -0.0135. The standard InChI is InChI=1S/C15H15NO/c16-15(9-17)12-6-5-11-7-10-3-1-2-4-13(10)14(11)8-12/h1-6,8,15,17H,7,9,16H2/t15-/m1/s1. The van der Waals surface area contributed by atoms with E-state index in [2.05, 4.69) is 36.4 Å². The maximum Gasteiger partial charge on any atom is 0.0624 e. The lowest BCUT2D eigenvalue weighted by Crippen LogP contribution is -2.14. The maximum absolute atomic E-state index is 9.11. The van der Waals surface area contributed by atoms with Crippen molar-refractivity contribution in [2.45, 2.75) is 12.5 Å². The second-order valence-corrected chi connectivity index (χ2v) is 4.54. The second kappa shape index (κ2) is 3.99. The van der Waals surface area contributed by atoms with Gasteiger partial charge in [-0.2, -0.15) is 0 Å². The third-order valence-corrected chi connectivity index (χ3v) is 3.45. The third-order valence-electron chi connectivity index (χ3n) is 3.45. The van der Waals surface area contributed by atoms with Crippen molar-refractivity contribution in [2.24, 2.45) is 5.73 Å². The number of aliphatic hydroxyl groups is 1. The number of nitrogens with two attached hydrogens (primary N) is 1. The molecule has 0 spiro atoms. The first kappa shape index (κ1) is 10.5. The van der Waals surface area contributed by atoms with E-state index >= 15 is 0 Å². The van der Waals surface area contributed by atoms with E-state index in [1.54, 1.807) is 0 Å². The van der Waals surface area contributed by atoms with Crippen LogP contribution in [0.25, 0.3) is 11.1 Å². The van der Waals surface area contributed by atoms with Crippen LogP contribution in [-0.2, 0) is 6.42 Å². The van der Waals surface area contributed by atoms with Crippen molar-refractivity contribution in [1.82, 2.24) is 0 Å². The molecule has 0 unspecified atom stereocenters. The Balaban J connectivity index is 2.11. The normalized spacial score (nSPS) is 14.2. The quantitative estimate of drug-likeness (QED) is 0.702. The van der Waals surface area contributed by atoms with Gasteiger partial charge in [-0.3, -0.25) is 0 Å². The SMILES string of the molecule is N[C@H](CO)c1ccc2c(c1)-c1ccccc1C2. The minimum absolute atomic E-state index is 0.0135. The van der Waals surface area contributed by atoms with Gasteiger partial charge in [-0.05, 0) is 40.3 Å². The Kier molecular flexibility index (Phi) is 2.46. The highest BCUT2D eigenvalue weighted by Crippen LogP contribution is 2.37. The first-order valence-electron chi connectivity index (χ1n) is 5.87. The molecule has 0 radical (unpaired) electrons. The Bertz CT molecular complexity index is 563. The summed E-state index contributed by atoms with van der Waals surface area (Å²) in [7, 11) is 0. The molecule has 2 nitrogen and oxygen atoms in total. The van der Waals surface area contributed by atoms with Gasteiger partial charge < -0.3 is 10.8 Å². The van der Waals surface area contributed by atoms with Crippen LogP contribution in [0.3, 0.4) is 0 Å². The van der Waals surface area contributed by atoms with Crippen molar-refractivity contribution < 1.29 is 5.11 Å². The van der Waals surface area contributed by atoms with Crippen LogP contribution in [0.2, 0.25) is 0 Å². The van der Waals surface area contributed by atoms with Gasteiger partial charge in [0.05, 0.1) is 12.6 Å². The predicted molar refractivity (Wildman–Crippen MR) is 68.7 cm³/mol. The first-order chi connectivity index (χ1) is 8.29. The van der Waals surface area contributed by atoms with Crippen molar-refractivity contribution in [3.05, 3.63) is 59.2 Å². The smallest absolute Gasteiger partial charge is 0.0624 e. The van der Waals surface area contributed by atoms with E-state index in [-0.39, 0.29) is 12.6 Å². The largest absolute Gasteiger partial charge is 0.394 e. The summed E-state index contributed by atoms with van der Waals surface area (Å²) in [6, 6.07) is 14.4. The molecule has 3 N–H and O–H groups in total. The zero-order valence-corrected chi connectivity index (χ0v) is 9.56. The van der Waals surface area contributed by atoms with Crippen LogP contribution in [-0.4, -0.2) is 11.7 Å². The van der Waals surface area contributed by atoms with E-state index in [0.717, 1.165) is 12.0 Å². The number of benzene rings is 2. The summed E-state index contributed by atoms with van der Waals surface area (Å²) in [5, 5.41) is 9.11. The van der Waals surface area contributed by atoms with Crippen molar-refractivity contribution in [3.8, 4) is 11.1 Å². The summed E-state index contributed by atoms with van der Waals surface area (Å²) >= 11 is 0. The molecule has 0 saturated heterocycles. The zero-order valence-electron chi connectivity index (χ0n) is 9.56. The molecule has 86 valence electrons. The lowest BCUT2D eigenvalue weighted by Gasteiger charge is -2.10. The van der Waals surface area contributed by atoms with E-state index in [0.29, 0.717) is 0 Å². The van der Waals surface area contributed by atoms with Crippen LogP contribution < -0.4 is 5.73 Å². The van der Waals surface area contributed by atoms with Crippen LogP contribution in [0.5, 0.6) is 0 Å². The van der Waals surface area contributed by atoms with Gasteiger partial charge in [0.25, 0.3) is 0 Å². The fourth-order valence-corrected chi connectivity index (χ4v) is 2.48. The Morgan fingerprint density at radius 2 is 1.82 bits per heavy atom. The van der Waals surface area contributed by atoms with Crippen molar-refractivity contribution in [1.29, 1.82) is 0 Å². The number of fused-ring (bicyclic) bond motifs is 3. The molecule has 1 aliphatic rings. The summed E-state index contributed by atoms with van der Waals surface area (Å²) in [5.41, 5.74) is 12.1. The molecule has 0 aromatic heterocycles. The van der Waals surface area contributed by atoms with Gasteiger partial charge in [-0.1, -0.05) is 36.4 Å². The first-order valence-corrected chi connectivity index (χ1v) is 5.87. The Morgan fingerprint density at radius 3 is 2.65 bits per heavy atom. The minimum Gasteiger partial charge on any atom is -0.394 e. The van der Waals surface area contributed by atoms with Crippen LogP contribution in [0.15, 0.2) is 42.5 Å². The van der Waals surface area contributed by atoms with E-state index in [4.69, 9.17) is 10.8 Å². The average Bonchev–Trinajstić information content (AvgIpc) is 2.75. The molecule has 0 amide bonds. The number of rotatable bonds is 2. The highest BCUT2D eigenvalue weighted by Gasteiger charge is 2.18. The van der Waals surface area contributed by atoms with Gasteiger partial charge in [-0.25, -0.2) is 0 Å². The van der Waals surface area contributed by atoms with E-state index < -0.39 is 0 Å². The third kappa shape index (κ3) is 1.66. The molecule has 2 heteroatoms. The lowest BCUT2D eigenvalue weighted by atomic mass is 10.00. The zero-order chi connectivity index (χ0) is 11.8. The van der Waals surface area contributed by atoms with Crippen molar-refractivity contribution in [2.75, 3.05) is 6.61 Å². The molecule has 2 aromatic rings. The monoisotopic (exact) mass is 225 g/mol. The van der Waals surface area contributed by atoms with Crippen LogP contribution in [0.4, 0.5) is 0 Å². The van der Waals surface area contributed by atoms with Crippen molar-refractivity contribution >= 4 is 0 Å². The van der Waals surface area contributed by atoms with Gasteiger partial charge in [0.15, 0.2) is 0 Å². The van der Waals surface area contributed by atoms with E-state index in [9.17, 15) is 0 Å². The van der Waals surface area contributed by atoms with Crippen LogP contribution >= 0.6 is 0 Å². The van der Waals surface area contributed by atoms with E-state index in [1.165, 1.54) is 22.3 Å². The molecular weight excluding hydrogens is 210 g/mol. The molecular formula is C15H15NO. The summed E-state index contributed by atoms with van der Waals surface area (Å²) in [6.07, 6.45) is 1.00. The molecule has 2 aromatic carbocycles. The van der Waals surface area contributed by atoms with Gasteiger partial charge in [0, 0.05) is 0 Å². The molecule has 1 aliphatic carbocycles. The van der Waals surface area contributed by atoms with Gasteiger partial charge in [0.2, 0.25) is 0 Å². The molecule has 3 rings (SSSR count).